The molecule has 5 heteroatoms. The van der Waals surface area contributed by atoms with Crippen LogP contribution in [0.3, 0.4) is 0 Å². The second kappa shape index (κ2) is 5.59. The number of aromatic nitrogens is 3. The van der Waals surface area contributed by atoms with Gasteiger partial charge in [0.05, 0.1) is 18.1 Å². The molecule has 1 aliphatic rings. The van der Waals surface area contributed by atoms with Crippen LogP contribution in [0.25, 0.3) is 5.65 Å². The first-order chi connectivity index (χ1) is 9.24. The third-order valence-corrected chi connectivity index (χ3v) is 4.56. The van der Waals surface area contributed by atoms with E-state index in [1.165, 1.54) is 31.4 Å². The summed E-state index contributed by atoms with van der Waals surface area (Å²) in [5.74, 6) is 0.840. The maximum absolute atomic E-state index is 4.37. The van der Waals surface area contributed by atoms with Crippen molar-refractivity contribution in [1.82, 2.24) is 19.7 Å². The molecular weight excluding hydrogens is 304 g/mol. The molecule has 0 radical (unpaired) electrons. The Balaban J connectivity index is 1.69. The minimum atomic E-state index is 0.582. The molecule has 0 saturated heterocycles. The maximum atomic E-state index is 4.37. The van der Waals surface area contributed by atoms with Gasteiger partial charge in [0.2, 0.25) is 0 Å². The third kappa shape index (κ3) is 2.82. The summed E-state index contributed by atoms with van der Waals surface area (Å²) in [6.45, 7) is 3.16. The van der Waals surface area contributed by atoms with Crippen molar-refractivity contribution in [3.63, 3.8) is 0 Å². The second-order valence-electron chi connectivity index (χ2n) is 5.40. The highest BCUT2D eigenvalue weighted by molar-refractivity contribution is 9.10. The summed E-state index contributed by atoms with van der Waals surface area (Å²) >= 11 is 3.41. The van der Waals surface area contributed by atoms with Gasteiger partial charge in [-0.2, -0.15) is 0 Å². The molecule has 1 N–H and O–H groups in total. The van der Waals surface area contributed by atoms with Gasteiger partial charge in [-0.1, -0.05) is 12.8 Å². The Morgan fingerprint density at radius 2 is 2.16 bits per heavy atom. The van der Waals surface area contributed by atoms with Crippen LogP contribution in [0, 0.1) is 5.92 Å². The van der Waals surface area contributed by atoms with Crippen molar-refractivity contribution < 1.29 is 0 Å². The Kier molecular flexibility index (Phi) is 3.84. The first kappa shape index (κ1) is 13.1. The third-order valence-electron chi connectivity index (χ3n) is 4.15. The molecule has 1 atom stereocenters. The quantitative estimate of drug-likeness (QED) is 0.940. The lowest BCUT2D eigenvalue weighted by atomic mass is 10.00. The van der Waals surface area contributed by atoms with Gasteiger partial charge in [0, 0.05) is 18.8 Å². The largest absolute Gasteiger partial charge is 0.308 e. The molecule has 0 spiro atoms. The molecule has 1 saturated carbocycles. The van der Waals surface area contributed by atoms with Crippen LogP contribution in [0.5, 0.6) is 0 Å². The highest BCUT2D eigenvalue weighted by Crippen LogP contribution is 2.27. The molecule has 1 fully saturated rings. The van der Waals surface area contributed by atoms with Crippen LogP contribution in [0.1, 0.15) is 38.3 Å². The molecule has 102 valence electrons. The number of hydrogen-bond donors (Lipinski definition) is 1. The van der Waals surface area contributed by atoms with E-state index in [4.69, 9.17) is 0 Å². The van der Waals surface area contributed by atoms with E-state index in [1.807, 2.05) is 12.4 Å². The highest BCUT2D eigenvalue weighted by Gasteiger charge is 2.21. The molecule has 3 rings (SSSR count). The molecule has 0 aliphatic heterocycles. The van der Waals surface area contributed by atoms with Gasteiger partial charge in [-0.25, -0.2) is 9.97 Å². The van der Waals surface area contributed by atoms with Crippen LogP contribution in [0.4, 0.5) is 0 Å². The molecule has 2 aromatic heterocycles. The Hall–Kier alpha value is -0.940. The van der Waals surface area contributed by atoms with Gasteiger partial charge in [0.25, 0.3) is 0 Å². The van der Waals surface area contributed by atoms with E-state index in [0.29, 0.717) is 6.04 Å². The van der Waals surface area contributed by atoms with Crippen LogP contribution in [0.15, 0.2) is 23.2 Å². The fourth-order valence-corrected chi connectivity index (χ4v) is 3.24. The van der Waals surface area contributed by atoms with Crippen molar-refractivity contribution in [2.45, 2.75) is 45.2 Å². The molecule has 2 heterocycles. The number of halogens is 1. The van der Waals surface area contributed by atoms with Gasteiger partial charge in [0.1, 0.15) is 4.60 Å². The number of nitrogens with one attached hydrogen (secondary N) is 1. The molecule has 19 heavy (non-hydrogen) atoms. The van der Waals surface area contributed by atoms with Crippen molar-refractivity contribution in [2.75, 3.05) is 0 Å². The fourth-order valence-electron chi connectivity index (χ4n) is 2.94. The Bertz CT molecular complexity index is 560. The molecule has 1 aliphatic carbocycles. The lowest BCUT2D eigenvalue weighted by molar-refractivity contribution is 0.378. The summed E-state index contributed by atoms with van der Waals surface area (Å²) < 4.78 is 2.92. The van der Waals surface area contributed by atoms with Gasteiger partial charge in [-0.3, -0.25) is 4.40 Å². The highest BCUT2D eigenvalue weighted by atomic mass is 79.9. The van der Waals surface area contributed by atoms with E-state index < -0.39 is 0 Å². The fraction of sp³-hybridized carbons (Fsp3) is 0.571. The van der Waals surface area contributed by atoms with Crippen LogP contribution in [-0.2, 0) is 6.54 Å². The normalized spacial score (nSPS) is 18.2. The Morgan fingerprint density at radius 1 is 1.37 bits per heavy atom. The van der Waals surface area contributed by atoms with Gasteiger partial charge in [-0.15, -0.1) is 0 Å². The van der Waals surface area contributed by atoms with Crippen LogP contribution < -0.4 is 5.32 Å². The average molecular weight is 323 g/mol. The molecule has 4 nitrogen and oxygen atoms in total. The van der Waals surface area contributed by atoms with E-state index in [0.717, 1.165) is 22.7 Å². The summed E-state index contributed by atoms with van der Waals surface area (Å²) in [5.41, 5.74) is 2.08. The number of imidazole rings is 1. The number of rotatable bonds is 4. The van der Waals surface area contributed by atoms with Crippen molar-refractivity contribution in [2.24, 2.45) is 5.92 Å². The van der Waals surface area contributed by atoms with Gasteiger partial charge in [-0.05, 0) is 41.6 Å². The van der Waals surface area contributed by atoms with Crippen LogP contribution >= 0.6 is 15.9 Å². The predicted octanol–water partition coefficient (Wildman–Crippen LogP) is 3.16. The zero-order chi connectivity index (χ0) is 13.2. The van der Waals surface area contributed by atoms with Gasteiger partial charge in [0.15, 0.2) is 5.65 Å². The summed E-state index contributed by atoms with van der Waals surface area (Å²) in [4.78, 5) is 8.57. The lowest BCUT2D eigenvalue weighted by Gasteiger charge is -2.20. The number of nitrogens with zero attached hydrogens (tertiary/aromatic N) is 3. The summed E-state index contributed by atoms with van der Waals surface area (Å²) in [5, 5.41) is 3.64. The maximum Gasteiger partial charge on any atom is 0.155 e. The van der Waals surface area contributed by atoms with Crippen LogP contribution in [-0.4, -0.2) is 20.4 Å². The molecule has 0 amide bonds. The number of hydrogen-bond acceptors (Lipinski definition) is 3. The minimum Gasteiger partial charge on any atom is -0.308 e. The summed E-state index contributed by atoms with van der Waals surface area (Å²) in [7, 11) is 0. The second-order valence-corrected chi connectivity index (χ2v) is 6.21. The summed E-state index contributed by atoms with van der Waals surface area (Å²) in [6.07, 6.45) is 11.2. The zero-order valence-electron chi connectivity index (χ0n) is 11.1. The van der Waals surface area contributed by atoms with Crippen molar-refractivity contribution in [3.8, 4) is 0 Å². The van der Waals surface area contributed by atoms with Crippen molar-refractivity contribution in [1.29, 1.82) is 0 Å². The SMILES string of the molecule is C[C@H](NCc1cnc2cnc(Br)cn12)C1CCCC1. The Morgan fingerprint density at radius 3 is 2.95 bits per heavy atom. The molecule has 0 unspecified atom stereocenters. The molecular formula is C14H19BrN4. The zero-order valence-corrected chi connectivity index (χ0v) is 12.7. The first-order valence-electron chi connectivity index (χ1n) is 6.95. The lowest BCUT2D eigenvalue weighted by Crippen LogP contribution is -2.32. The van der Waals surface area contributed by atoms with E-state index in [1.54, 1.807) is 6.20 Å². The van der Waals surface area contributed by atoms with Crippen LogP contribution in [0.2, 0.25) is 0 Å². The van der Waals surface area contributed by atoms with E-state index in [9.17, 15) is 0 Å². The standard InChI is InChI=1S/C14H19BrN4/c1-10(11-4-2-3-5-11)16-6-12-7-18-14-8-17-13(15)9-19(12)14/h7-11,16H,2-6H2,1H3/t10-/m0/s1. The molecule has 0 aromatic carbocycles. The van der Waals surface area contributed by atoms with Gasteiger partial charge < -0.3 is 5.32 Å². The predicted molar refractivity (Wildman–Crippen MR) is 78.9 cm³/mol. The van der Waals surface area contributed by atoms with E-state index in [-0.39, 0.29) is 0 Å². The Labute approximate surface area is 121 Å². The molecule has 2 aromatic rings. The van der Waals surface area contributed by atoms with Crippen molar-refractivity contribution in [3.05, 3.63) is 28.9 Å². The molecule has 0 bridgehead atoms. The monoisotopic (exact) mass is 322 g/mol. The van der Waals surface area contributed by atoms with E-state index in [2.05, 4.69) is 42.5 Å². The summed E-state index contributed by atoms with van der Waals surface area (Å²) in [6, 6.07) is 0.582. The topological polar surface area (TPSA) is 42.2 Å². The smallest absolute Gasteiger partial charge is 0.155 e. The average Bonchev–Trinajstić information content (AvgIpc) is 3.05. The number of fused-ring (bicyclic) bond motifs is 1. The minimum absolute atomic E-state index is 0.582. The van der Waals surface area contributed by atoms with Gasteiger partial charge >= 0.3 is 0 Å². The van der Waals surface area contributed by atoms with Crippen molar-refractivity contribution >= 4 is 21.6 Å². The van der Waals surface area contributed by atoms with E-state index >= 15 is 0 Å². The first-order valence-corrected chi connectivity index (χ1v) is 7.74.